The Hall–Kier alpha value is -0.660. The molecule has 0 aliphatic rings. The summed E-state index contributed by atoms with van der Waals surface area (Å²) >= 11 is 0. The third kappa shape index (κ3) is 5.71. The Bertz CT molecular complexity index is 318. The van der Waals surface area contributed by atoms with Gasteiger partial charge in [0.2, 0.25) is 0 Å². The van der Waals surface area contributed by atoms with Crippen molar-refractivity contribution in [2.45, 2.75) is 33.2 Å². The SMILES string of the molecule is CCN(CC(=O)O)S(=O)(=O)NC(C)(C)C. The lowest BCUT2D eigenvalue weighted by atomic mass is 10.1. The zero-order valence-corrected chi connectivity index (χ0v) is 10.3. The molecular weight excluding hydrogens is 220 g/mol. The van der Waals surface area contributed by atoms with E-state index >= 15 is 0 Å². The van der Waals surface area contributed by atoms with Gasteiger partial charge in [-0.15, -0.1) is 0 Å². The van der Waals surface area contributed by atoms with Gasteiger partial charge in [-0.1, -0.05) is 6.92 Å². The fraction of sp³-hybridized carbons (Fsp3) is 0.875. The van der Waals surface area contributed by atoms with E-state index in [1.54, 1.807) is 27.7 Å². The lowest BCUT2D eigenvalue weighted by molar-refractivity contribution is -0.137. The average molecular weight is 238 g/mol. The van der Waals surface area contributed by atoms with Crippen molar-refractivity contribution < 1.29 is 18.3 Å². The first-order valence-electron chi connectivity index (χ1n) is 4.59. The second-order valence-electron chi connectivity index (χ2n) is 4.18. The summed E-state index contributed by atoms with van der Waals surface area (Å²) in [6.45, 7) is 6.27. The van der Waals surface area contributed by atoms with Crippen molar-refractivity contribution in [3.05, 3.63) is 0 Å². The molecule has 0 heterocycles. The van der Waals surface area contributed by atoms with E-state index in [9.17, 15) is 13.2 Å². The van der Waals surface area contributed by atoms with Gasteiger partial charge in [0.15, 0.2) is 0 Å². The minimum atomic E-state index is -3.72. The maximum atomic E-state index is 11.7. The predicted octanol–water partition coefficient (Wildman–Crippen LogP) is 0.0258. The van der Waals surface area contributed by atoms with Crippen LogP contribution in [0.2, 0.25) is 0 Å². The van der Waals surface area contributed by atoms with Crippen LogP contribution in [0.1, 0.15) is 27.7 Å². The predicted molar refractivity (Wildman–Crippen MR) is 56.7 cm³/mol. The number of carbonyl (C=O) groups is 1. The van der Waals surface area contributed by atoms with E-state index in [0.29, 0.717) is 0 Å². The summed E-state index contributed by atoms with van der Waals surface area (Å²) in [6, 6.07) is 0. The molecule has 0 unspecified atom stereocenters. The molecule has 0 spiro atoms. The summed E-state index contributed by atoms with van der Waals surface area (Å²) in [5.74, 6) is -1.17. The third-order valence-corrected chi connectivity index (χ3v) is 3.38. The second-order valence-corrected chi connectivity index (χ2v) is 5.85. The first-order chi connectivity index (χ1) is 6.58. The molecule has 0 rings (SSSR count). The molecular formula is C8H18N2O4S. The van der Waals surface area contributed by atoms with Crippen molar-refractivity contribution in [2.24, 2.45) is 0 Å². The summed E-state index contributed by atoms with van der Waals surface area (Å²) in [7, 11) is -3.72. The molecule has 0 aliphatic carbocycles. The number of rotatable bonds is 5. The third-order valence-electron chi connectivity index (χ3n) is 1.44. The molecule has 0 saturated heterocycles. The standard InChI is InChI=1S/C8H18N2O4S/c1-5-10(6-7(11)12)15(13,14)9-8(2,3)4/h9H,5-6H2,1-4H3,(H,11,12). The fourth-order valence-electron chi connectivity index (χ4n) is 0.969. The van der Waals surface area contributed by atoms with Crippen LogP contribution in [-0.4, -0.2) is 42.4 Å². The Morgan fingerprint density at radius 2 is 1.87 bits per heavy atom. The van der Waals surface area contributed by atoms with Gasteiger partial charge in [-0.2, -0.15) is 17.4 Å². The maximum Gasteiger partial charge on any atom is 0.318 e. The first-order valence-corrected chi connectivity index (χ1v) is 6.03. The molecule has 0 aromatic carbocycles. The zero-order valence-electron chi connectivity index (χ0n) is 9.44. The van der Waals surface area contributed by atoms with Crippen LogP contribution in [0.4, 0.5) is 0 Å². The molecule has 7 heteroatoms. The smallest absolute Gasteiger partial charge is 0.318 e. The van der Waals surface area contributed by atoms with Crippen LogP contribution in [0.5, 0.6) is 0 Å². The number of aliphatic carboxylic acids is 1. The minimum Gasteiger partial charge on any atom is -0.480 e. The van der Waals surface area contributed by atoms with Crippen molar-refractivity contribution >= 4 is 16.2 Å². The lowest BCUT2D eigenvalue weighted by Gasteiger charge is -2.25. The maximum absolute atomic E-state index is 11.7. The summed E-state index contributed by atoms with van der Waals surface area (Å²) in [6.07, 6.45) is 0. The summed E-state index contributed by atoms with van der Waals surface area (Å²) < 4.78 is 26.6. The Balaban J connectivity index is 4.75. The monoisotopic (exact) mass is 238 g/mol. The highest BCUT2D eigenvalue weighted by molar-refractivity contribution is 7.87. The van der Waals surface area contributed by atoms with E-state index in [-0.39, 0.29) is 6.54 Å². The molecule has 0 fully saturated rings. The number of hydrogen-bond donors (Lipinski definition) is 2. The van der Waals surface area contributed by atoms with Crippen LogP contribution >= 0.6 is 0 Å². The van der Waals surface area contributed by atoms with E-state index in [4.69, 9.17) is 5.11 Å². The van der Waals surface area contributed by atoms with Crippen LogP contribution in [0, 0.1) is 0 Å². The van der Waals surface area contributed by atoms with E-state index in [1.807, 2.05) is 0 Å². The van der Waals surface area contributed by atoms with Gasteiger partial charge < -0.3 is 5.11 Å². The van der Waals surface area contributed by atoms with E-state index in [1.165, 1.54) is 0 Å². The van der Waals surface area contributed by atoms with Gasteiger partial charge in [0.1, 0.15) is 6.54 Å². The zero-order chi connectivity index (χ0) is 12.3. The van der Waals surface area contributed by atoms with E-state index < -0.39 is 28.3 Å². The van der Waals surface area contributed by atoms with Gasteiger partial charge in [0.25, 0.3) is 10.2 Å². The molecule has 15 heavy (non-hydrogen) atoms. The van der Waals surface area contributed by atoms with Crippen molar-refractivity contribution in [2.75, 3.05) is 13.1 Å². The van der Waals surface area contributed by atoms with Gasteiger partial charge >= 0.3 is 5.97 Å². The fourth-order valence-corrected chi connectivity index (χ4v) is 2.49. The Labute approximate surface area is 90.5 Å². The number of likely N-dealkylation sites (N-methyl/N-ethyl adjacent to an activating group) is 1. The van der Waals surface area contributed by atoms with Crippen LogP contribution < -0.4 is 4.72 Å². The topological polar surface area (TPSA) is 86.7 Å². The molecule has 0 bridgehead atoms. The van der Waals surface area contributed by atoms with Crippen LogP contribution in [0.15, 0.2) is 0 Å². The van der Waals surface area contributed by atoms with Crippen molar-refractivity contribution in [1.82, 2.24) is 9.03 Å². The van der Waals surface area contributed by atoms with E-state index in [2.05, 4.69) is 4.72 Å². The first kappa shape index (κ1) is 14.3. The van der Waals surface area contributed by atoms with Gasteiger partial charge in [0, 0.05) is 12.1 Å². The Morgan fingerprint density at radius 1 is 1.40 bits per heavy atom. The van der Waals surface area contributed by atoms with Crippen LogP contribution in [0.25, 0.3) is 0 Å². The molecule has 0 atom stereocenters. The van der Waals surface area contributed by atoms with Crippen LogP contribution in [0.3, 0.4) is 0 Å². The largest absolute Gasteiger partial charge is 0.480 e. The Morgan fingerprint density at radius 3 is 2.13 bits per heavy atom. The quantitative estimate of drug-likeness (QED) is 0.707. The average Bonchev–Trinajstić information content (AvgIpc) is 1.94. The molecule has 2 N–H and O–H groups in total. The van der Waals surface area contributed by atoms with Gasteiger partial charge in [-0.3, -0.25) is 4.79 Å². The summed E-state index contributed by atoms with van der Waals surface area (Å²) in [4.78, 5) is 10.4. The molecule has 90 valence electrons. The number of nitrogens with zero attached hydrogens (tertiary/aromatic N) is 1. The van der Waals surface area contributed by atoms with Crippen molar-refractivity contribution in [3.8, 4) is 0 Å². The summed E-state index contributed by atoms with van der Waals surface area (Å²) in [5, 5.41) is 8.54. The van der Waals surface area contributed by atoms with Gasteiger partial charge in [-0.05, 0) is 20.8 Å². The highest BCUT2D eigenvalue weighted by Gasteiger charge is 2.27. The molecule has 0 aromatic rings. The highest BCUT2D eigenvalue weighted by atomic mass is 32.2. The van der Waals surface area contributed by atoms with Gasteiger partial charge in [0.05, 0.1) is 0 Å². The van der Waals surface area contributed by atoms with Crippen molar-refractivity contribution in [3.63, 3.8) is 0 Å². The van der Waals surface area contributed by atoms with E-state index in [0.717, 1.165) is 4.31 Å². The number of hydrogen-bond acceptors (Lipinski definition) is 3. The normalized spacial score (nSPS) is 13.1. The lowest BCUT2D eigenvalue weighted by Crippen LogP contribution is -2.50. The Kier molecular flexibility index (Phi) is 4.69. The second kappa shape index (κ2) is 4.91. The van der Waals surface area contributed by atoms with Gasteiger partial charge in [-0.25, -0.2) is 0 Å². The number of nitrogens with one attached hydrogen (secondary N) is 1. The number of carboxylic acid groups (broad SMARTS) is 1. The molecule has 0 radical (unpaired) electrons. The molecule has 6 nitrogen and oxygen atoms in total. The molecule has 0 aliphatic heterocycles. The molecule has 0 aromatic heterocycles. The minimum absolute atomic E-state index is 0.123. The van der Waals surface area contributed by atoms with Crippen molar-refractivity contribution in [1.29, 1.82) is 0 Å². The number of carboxylic acids is 1. The molecule has 0 amide bonds. The summed E-state index contributed by atoms with van der Waals surface area (Å²) in [5.41, 5.74) is -0.620. The van der Waals surface area contributed by atoms with Crippen LogP contribution in [-0.2, 0) is 15.0 Å². The molecule has 0 saturated carbocycles. The highest BCUT2D eigenvalue weighted by Crippen LogP contribution is 2.06.